The molecule has 10 heavy (non-hydrogen) atoms. The van der Waals surface area contributed by atoms with E-state index in [9.17, 15) is 0 Å². The van der Waals surface area contributed by atoms with Crippen molar-refractivity contribution in [2.75, 3.05) is 7.11 Å². The largest absolute Gasteiger partial charge is 0.495 e. The van der Waals surface area contributed by atoms with Gasteiger partial charge in [-0.1, -0.05) is 6.07 Å². The third kappa shape index (κ3) is 1.51. The highest BCUT2D eigenvalue weighted by atomic mass is 79.9. The van der Waals surface area contributed by atoms with Crippen molar-refractivity contribution >= 4 is 15.9 Å². The number of methoxy groups -OCH3 is 1. The van der Waals surface area contributed by atoms with E-state index >= 15 is 0 Å². The monoisotopic (exact) mass is 199 g/mol. The minimum absolute atomic E-state index is 0.764. The molecule has 0 atom stereocenters. The standard InChI is InChI=1S/C8H8BrO/c1-6-3-4-7(9)8(5-6)10-2/h3-4H,1-2H3. The van der Waals surface area contributed by atoms with E-state index in [-0.39, 0.29) is 0 Å². The Hall–Kier alpha value is -0.500. The van der Waals surface area contributed by atoms with E-state index in [4.69, 9.17) is 4.74 Å². The van der Waals surface area contributed by atoms with Gasteiger partial charge in [0.2, 0.25) is 0 Å². The Morgan fingerprint density at radius 2 is 2.20 bits per heavy atom. The number of rotatable bonds is 1. The molecule has 0 saturated carbocycles. The Morgan fingerprint density at radius 3 is 2.70 bits per heavy atom. The topological polar surface area (TPSA) is 9.23 Å². The Kier molecular flexibility index (Phi) is 2.33. The van der Waals surface area contributed by atoms with Crippen molar-refractivity contribution in [2.24, 2.45) is 0 Å². The molecule has 1 radical (unpaired) electrons. The highest BCUT2D eigenvalue weighted by molar-refractivity contribution is 9.10. The molecule has 53 valence electrons. The third-order valence-electron chi connectivity index (χ3n) is 1.21. The third-order valence-corrected chi connectivity index (χ3v) is 1.84. The quantitative estimate of drug-likeness (QED) is 0.676. The van der Waals surface area contributed by atoms with Gasteiger partial charge in [-0.05, 0) is 34.5 Å². The fraction of sp³-hybridized carbons (Fsp3) is 0.250. The summed E-state index contributed by atoms with van der Waals surface area (Å²) in [4.78, 5) is 0. The predicted molar refractivity (Wildman–Crippen MR) is 44.3 cm³/mol. The maximum atomic E-state index is 5.02. The van der Waals surface area contributed by atoms with Crippen LogP contribution < -0.4 is 4.74 Å². The molecular formula is C8H8BrO. The number of ether oxygens (including phenoxy) is 1. The van der Waals surface area contributed by atoms with Gasteiger partial charge >= 0.3 is 0 Å². The summed E-state index contributed by atoms with van der Waals surface area (Å²) in [5, 5.41) is 0. The maximum absolute atomic E-state index is 5.02. The molecule has 0 spiro atoms. The van der Waals surface area contributed by atoms with Crippen LogP contribution in [-0.2, 0) is 0 Å². The van der Waals surface area contributed by atoms with Crippen LogP contribution in [0.5, 0.6) is 5.75 Å². The first kappa shape index (κ1) is 7.61. The van der Waals surface area contributed by atoms with Crippen molar-refractivity contribution in [3.8, 4) is 5.75 Å². The molecule has 0 unspecified atom stereocenters. The molecule has 2 heteroatoms. The molecule has 1 aromatic rings. The van der Waals surface area contributed by atoms with Crippen molar-refractivity contribution in [3.05, 3.63) is 28.2 Å². The summed E-state index contributed by atoms with van der Waals surface area (Å²) in [5.74, 6) is 0.764. The molecule has 1 nitrogen and oxygen atoms in total. The van der Waals surface area contributed by atoms with Gasteiger partial charge in [-0.25, -0.2) is 0 Å². The lowest BCUT2D eigenvalue weighted by Crippen LogP contribution is -1.84. The van der Waals surface area contributed by atoms with E-state index in [1.54, 1.807) is 7.11 Å². The first-order chi connectivity index (χ1) is 4.74. The minimum Gasteiger partial charge on any atom is -0.495 e. The molecular weight excluding hydrogens is 192 g/mol. The molecule has 0 fully saturated rings. The number of benzene rings is 1. The molecule has 0 heterocycles. The highest BCUT2D eigenvalue weighted by Crippen LogP contribution is 2.24. The zero-order valence-corrected chi connectivity index (χ0v) is 7.53. The predicted octanol–water partition coefficient (Wildman–Crippen LogP) is 2.57. The first-order valence-electron chi connectivity index (χ1n) is 2.96. The zero-order valence-electron chi connectivity index (χ0n) is 5.94. The second-order valence-corrected chi connectivity index (χ2v) is 2.88. The fourth-order valence-electron chi connectivity index (χ4n) is 0.703. The summed E-state index contributed by atoms with van der Waals surface area (Å²) in [6.45, 7) is 1.98. The van der Waals surface area contributed by atoms with E-state index in [0.29, 0.717) is 0 Å². The smallest absolute Gasteiger partial charge is 0.141 e. The van der Waals surface area contributed by atoms with E-state index in [2.05, 4.69) is 22.0 Å². The summed E-state index contributed by atoms with van der Waals surface area (Å²) < 4.78 is 5.97. The van der Waals surface area contributed by atoms with Crippen LogP contribution in [-0.4, -0.2) is 7.11 Å². The van der Waals surface area contributed by atoms with Crippen molar-refractivity contribution < 1.29 is 4.74 Å². The normalized spacial score (nSPS) is 9.50. The van der Waals surface area contributed by atoms with Crippen LogP contribution in [0.1, 0.15) is 5.56 Å². The second-order valence-electron chi connectivity index (χ2n) is 2.02. The molecule has 1 aromatic carbocycles. The zero-order chi connectivity index (χ0) is 7.56. The van der Waals surface area contributed by atoms with E-state index in [1.165, 1.54) is 0 Å². The summed E-state index contributed by atoms with van der Waals surface area (Å²) in [6, 6.07) is 6.98. The molecule has 0 bridgehead atoms. The molecule has 0 N–H and O–H groups in total. The van der Waals surface area contributed by atoms with Crippen molar-refractivity contribution in [2.45, 2.75) is 6.92 Å². The highest BCUT2D eigenvalue weighted by Gasteiger charge is 1.97. The first-order valence-corrected chi connectivity index (χ1v) is 3.76. The van der Waals surface area contributed by atoms with E-state index in [1.807, 2.05) is 19.1 Å². The molecule has 1 rings (SSSR count). The van der Waals surface area contributed by atoms with Crippen LogP contribution >= 0.6 is 15.9 Å². The van der Waals surface area contributed by atoms with Gasteiger partial charge in [-0.15, -0.1) is 0 Å². The minimum atomic E-state index is 0.764. The van der Waals surface area contributed by atoms with Crippen LogP contribution in [0.25, 0.3) is 0 Å². The Morgan fingerprint density at radius 1 is 1.50 bits per heavy atom. The fourth-order valence-corrected chi connectivity index (χ4v) is 1.10. The van der Waals surface area contributed by atoms with Gasteiger partial charge in [-0.3, -0.25) is 0 Å². The molecule has 0 amide bonds. The second kappa shape index (κ2) is 3.06. The van der Waals surface area contributed by atoms with Gasteiger partial charge in [0.25, 0.3) is 0 Å². The van der Waals surface area contributed by atoms with Crippen LogP contribution in [0.4, 0.5) is 0 Å². The molecule has 0 saturated heterocycles. The molecule has 0 aromatic heterocycles. The van der Waals surface area contributed by atoms with Gasteiger partial charge < -0.3 is 4.74 Å². The Bertz CT molecular complexity index is 233. The van der Waals surface area contributed by atoms with Crippen LogP contribution in [0.3, 0.4) is 0 Å². The van der Waals surface area contributed by atoms with Crippen molar-refractivity contribution in [1.29, 1.82) is 0 Å². The molecule has 0 aliphatic carbocycles. The molecule has 0 aliphatic heterocycles. The number of hydrogen-bond acceptors (Lipinski definition) is 1. The summed E-state index contributed by atoms with van der Waals surface area (Å²) in [7, 11) is 1.63. The lowest BCUT2D eigenvalue weighted by molar-refractivity contribution is 0.411. The Balaban J connectivity index is 3.09. The van der Waals surface area contributed by atoms with E-state index < -0.39 is 0 Å². The van der Waals surface area contributed by atoms with E-state index in [0.717, 1.165) is 15.8 Å². The van der Waals surface area contributed by atoms with Crippen LogP contribution in [0.15, 0.2) is 16.6 Å². The SMILES string of the molecule is COc1[c]c(C)ccc1Br. The van der Waals surface area contributed by atoms with Gasteiger partial charge in [0.1, 0.15) is 5.75 Å². The molecule has 0 aliphatic rings. The van der Waals surface area contributed by atoms with Gasteiger partial charge in [0.15, 0.2) is 0 Å². The summed E-state index contributed by atoms with van der Waals surface area (Å²) in [6.07, 6.45) is 0. The maximum Gasteiger partial charge on any atom is 0.141 e. The number of hydrogen-bond donors (Lipinski definition) is 0. The lowest BCUT2D eigenvalue weighted by Gasteiger charge is -2.01. The average molecular weight is 200 g/mol. The average Bonchev–Trinajstić information content (AvgIpc) is 1.94. The number of aryl methyl sites for hydroxylation is 1. The van der Waals surface area contributed by atoms with Gasteiger partial charge in [-0.2, -0.15) is 0 Å². The summed E-state index contributed by atoms with van der Waals surface area (Å²) in [5.41, 5.74) is 1.08. The van der Waals surface area contributed by atoms with Gasteiger partial charge in [0.05, 0.1) is 11.6 Å². The number of halogens is 1. The van der Waals surface area contributed by atoms with Crippen molar-refractivity contribution in [1.82, 2.24) is 0 Å². The van der Waals surface area contributed by atoms with Crippen LogP contribution in [0.2, 0.25) is 0 Å². The van der Waals surface area contributed by atoms with Gasteiger partial charge in [0, 0.05) is 6.07 Å². The van der Waals surface area contributed by atoms with Crippen molar-refractivity contribution in [3.63, 3.8) is 0 Å². The van der Waals surface area contributed by atoms with Crippen LogP contribution in [0, 0.1) is 13.0 Å². The lowest BCUT2D eigenvalue weighted by atomic mass is 10.2. The Labute approximate surface area is 69.1 Å². The summed E-state index contributed by atoms with van der Waals surface area (Å²) >= 11 is 3.33.